The van der Waals surface area contributed by atoms with Crippen LogP contribution in [0, 0.1) is 9.49 Å². The van der Waals surface area contributed by atoms with Crippen molar-refractivity contribution in [2.45, 2.75) is 6.42 Å². The largest absolute Gasteiger partial charge is 0.325 e. The Morgan fingerprint density at radius 2 is 1.77 bits per heavy atom. The van der Waals surface area contributed by atoms with Crippen LogP contribution in [-0.2, 0) is 9.59 Å². The molecule has 1 heterocycles. The Labute approximate surface area is 142 Å². The minimum atomic E-state index is -0.316. The number of nitrogens with one attached hydrogen (secondary N) is 1. The second-order valence-corrected chi connectivity index (χ2v) is 6.37. The number of amides is 2. The zero-order valence-electron chi connectivity index (χ0n) is 11.8. The molecule has 1 atom stereocenters. The standard InChI is InChI=1S/C17H15IN2O2/c18-14-8-4-5-9-15(14)19-17(22)12-10-16(21)20(11-12)13-6-2-1-3-7-13/h1-9,12H,10-11H2,(H,19,22)/t12-/m0/s1. The van der Waals surface area contributed by atoms with E-state index in [0.29, 0.717) is 6.54 Å². The summed E-state index contributed by atoms with van der Waals surface area (Å²) in [6, 6.07) is 17.1. The molecule has 0 saturated carbocycles. The Morgan fingerprint density at radius 1 is 1.09 bits per heavy atom. The van der Waals surface area contributed by atoms with Gasteiger partial charge in [-0.3, -0.25) is 9.59 Å². The van der Waals surface area contributed by atoms with Crippen molar-refractivity contribution in [3.63, 3.8) is 0 Å². The van der Waals surface area contributed by atoms with Crippen LogP contribution >= 0.6 is 22.6 Å². The van der Waals surface area contributed by atoms with Gasteiger partial charge in [-0.1, -0.05) is 30.3 Å². The maximum atomic E-state index is 12.4. The predicted octanol–water partition coefficient (Wildman–Crippen LogP) is 3.28. The highest BCUT2D eigenvalue weighted by molar-refractivity contribution is 14.1. The SMILES string of the molecule is O=C(Nc1ccccc1I)[C@H]1CC(=O)N(c2ccccc2)C1. The Hall–Kier alpha value is -1.89. The van der Waals surface area contributed by atoms with E-state index in [9.17, 15) is 9.59 Å². The van der Waals surface area contributed by atoms with Crippen LogP contribution in [0.4, 0.5) is 11.4 Å². The Morgan fingerprint density at radius 3 is 2.50 bits per heavy atom. The van der Waals surface area contributed by atoms with Crippen LogP contribution in [0.5, 0.6) is 0 Å². The summed E-state index contributed by atoms with van der Waals surface area (Å²) < 4.78 is 0.984. The third-order valence-electron chi connectivity index (χ3n) is 3.70. The summed E-state index contributed by atoms with van der Waals surface area (Å²) in [6.07, 6.45) is 0.254. The van der Waals surface area contributed by atoms with Crippen molar-refractivity contribution in [2.24, 2.45) is 5.92 Å². The maximum absolute atomic E-state index is 12.4. The fraction of sp³-hybridized carbons (Fsp3) is 0.176. The van der Waals surface area contributed by atoms with Crippen LogP contribution in [-0.4, -0.2) is 18.4 Å². The summed E-state index contributed by atoms with van der Waals surface area (Å²) in [7, 11) is 0. The van der Waals surface area contributed by atoms with Crippen molar-refractivity contribution in [2.75, 3.05) is 16.8 Å². The molecule has 22 heavy (non-hydrogen) atoms. The van der Waals surface area contributed by atoms with Crippen LogP contribution < -0.4 is 10.2 Å². The molecule has 5 heteroatoms. The molecule has 112 valence electrons. The van der Waals surface area contributed by atoms with Crippen LogP contribution in [0.3, 0.4) is 0 Å². The summed E-state index contributed by atoms with van der Waals surface area (Å²) in [5.74, 6) is -0.422. The highest BCUT2D eigenvalue weighted by atomic mass is 127. The van der Waals surface area contributed by atoms with Gasteiger partial charge in [-0.05, 0) is 46.9 Å². The molecule has 1 aliphatic heterocycles. The van der Waals surface area contributed by atoms with E-state index >= 15 is 0 Å². The maximum Gasteiger partial charge on any atom is 0.229 e. The van der Waals surface area contributed by atoms with Crippen molar-refractivity contribution in [1.29, 1.82) is 0 Å². The lowest BCUT2D eigenvalue weighted by Crippen LogP contribution is -2.28. The van der Waals surface area contributed by atoms with E-state index in [2.05, 4.69) is 27.9 Å². The Bertz CT molecular complexity index is 703. The van der Waals surface area contributed by atoms with Crippen molar-refractivity contribution in [3.8, 4) is 0 Å². The van der Waals surface area contributed by atoms with Crippen LogP contribution in [0.15, 0.2) is 54.6 Å². The van der Waals surface area contributed by atoms with Crippen LogP contribution in [0.2, 0.25) is 0 Å². The molecule has 0 bridgehead atoms. The van der Waals surface area contributed by atoms with E-state index in [4.69, 9.17) is 0 Å². The van der Waals surface area contributed by atoms with Gasteiger partial charge in [0.05, 0.1) is 11.6 Å². The van der Waals surface area contributed by atoms with Gasteiger partial charge in [0.2, 0.25) is 11.8 Å². The fourth-order valence-electron chi connectivity index (χ4n) is 2.54. The summed E-state index contributed by atoms with van der Waals surface area (Å²) in [5.41, 5.74) is 1.64. The van der Waals surface area contributed by atoms with Gasteiger partial charge in [0.1, 0.15) is 0 Å². The molecule has 4 nitrogen and oxygen atoms in total. The summed E-state index contributed by atoms with van der Waals surface area (Å²) in [5, 5.41) is 2.92. The average Bonchev–Trinajstić information content (AvgIpc) is 2.92. The minimum Gasteiger partial charge on any atom is -0.325 e. The first kappa shape index (κ1) is 15.0. The van der Waals surface area contributed by atoms with Crippen molar-refractivity contribution in [3.05, 3.63) is 58.2 Å². The normalized spacial score (nSPS) is 17.6. The second-order valence-electron chi connectivity index (χ2n) is 5.21. The molecule has 0 unspecified atom stereocenters. The van der Waals surface area contributed by atoms with E-state index in [0.717, 1.165) is 14.9 Å². The van der Waals surface area contributed by atoms with E-state index < -0.39 is 0 Å². The van der Waals surface area contributed by atoms with Gasteiger partial charge in [0.25, 0.3) is 0 Å². The number of nitrogens with zero attached hydrogens (tertiary/aromatic N) is 1. The molecule has 1 aliphatic rings. The first-order chi connectivity index (χ1) is 10.6. The molecular weight excluding hydrogens is 391 g/mol. The third kappa shape index (κ3) is 3.14. The lowest BCUT2D eigenvalue weighted by atomic mass is 10.1. The van der Waals surface area contributed by atoms with Crippen molar-refractivity contribution < 1.29 is 9.59 Å². The number of hydrogen-bond donors (Lipinski definition) is 1. The van der Waals surface area contributed by atoms with Gasteiger partial charge >= 0.3 is 0 Å². The second kappa shape index (κ2) is 6.48. The molecule has 0 spiro atoms. The van der Waals surface area contributed by atoms with Gasteiger partial charge in [0.15, 0.2) is 0 Å². The lowest BCUT2D eigenvalue weighted by Gasteiger charge is -2.16. The van der Waals surface area contributed by atoms with E-state index in [1.54, 1.807) is 4.90 Å². The van der Waals surface area contributed by atoms with Crippen LogP contribution in [0.25, 0.3) is 0 Å². The molecule has 1 N–H and O–H groups in total. The molecule has 2 aromatic rings. The number of rotatable bonds is 3. The number of para-hydroxylation sites is 2. The molecular formula is C17H15IN2O2. The quantitative estimate of drug-likeness (QED) is 0.796. The average molecular weight is 406 g/mol. The molecule has 0 radical (unpaired) electrons. The third-order valence-corrected chi connectivity index (χ3v) is 4.64. The van der Waals surface area contributed by atoms with Crippen molar-refractivity contribution >= 4 is 45.8 Å². The Kier molecular flexibility index (Phi) is 4.42. The monoisotopic (exact) mass is 406 g/mol. The number of benzene rings is 2. The number of carbonyl (C=O) groups is 2. The molecule has 1 fully saturated rings. The van der Waals surface area contributed by atoms with Gasteiger partial charge in [0, 0.05) is 22.2 Å². The number of hydrogen-bond acceptors (Lipinski definition) is 2. The molecule has 3 rings (SSSR count). The number of carbonyl (C=O) groups excluding carboxylic acids is 2. The minimum absolute atomic E-state index is 0.00545. The van der Waals surface area contributed by atoms with Gasteiger partial charge in [-0.15, -0.1) is 0 Å². The smallest absolute Gasteiger partial charge is 0.229 e. The van der Waals surface area contributed by atoms with E-state index in [1.807, 2.05) is 54.6 Å². The first-order valence-electron chi connectivity index (χ1n) is 7.06. The van der Waals surface area contributed by atoms with Gasteiger partial charge < -0.3 is 10.2 Å². The molecule has 0 aliphatic carbocycles. The molecule has 0 aromatic heterocycles. The number of anilines is 2. The highest BCUT2D eigenvalue weighted by Gasteiger charge is 2.35. The van der Waals surface area contributed by atoms with Gasteiger partial charge in [-0.2, -0.15) is 0 Å². The summed E-state index contributed by atoms with van der Waals surface area (Å²) in [6.45, 7) is 0.429. The topological polar surface area (TPSA) is 49.4 Å². The molecule has 2 amide bonds. The summed E-state index contributed by atoms with van der Waals surface area (Å²) >= 11 is 2.18. The highest BCUT2D eigenvalue weighted by Crippen LogP contribution is 2.26. The zero-order chi connectivity index (χ0) is 15.5. The first-order valence-corrected chi connectivity index (χ1v) is 8.14. The van der Waals surface area contributed by atoms with Crippen molar-refractivity contribution in [1.82, 2.24) is 0 Å². The number of halogens is 1. The molecule has 1 saturated heterocycles. The zero-order valence-corrected chi connectivity index (χ0v) is 14.0. The fourth-order valence-corrected chi connectivity index (χ4v) is 3.06. The van der Waals surface area contributed by atoms with Crippen LogP contribution in [0.1, 0.15) is 6.42 Å². The Balaban J connectivity index is 1.71. The van der Waals surface area contributed by atoms with E-state index in [1.165, 1.54) is 0 Å². The predicted molar refractivity (Wildman–Crippen MR) is 94.7 cm³/mol. The summed E-state index contributed by atoms with van der Waals surface area (Å²) in [4.78, 5) is 26.2. The van der Waals surface area contributed by atoms with Gasteiger partial charge in [-0.25, -0.2) is 0 Å². The van der Waals surface area contributed by atoms with E-state index in [-0.39, 0.29) is 24.2 Å². The lowest BCUT2D eigenvalue weighted by molar-refractivity contribution is -0.122. The molecule has 2 aromatic carbocycles.